The molecule has 4 rings (SSSR count). The summed E-state index contributed by atoms with van der Waals surface area (Å²) in [7, 11) is 12.2. The molecule has 0 amide bonds. The molecule has 17 heteroatoms. The number of alkyl halides is 1. The highest BCUT2D eigenvalue weighted by Gasteiger charge is 2.69. The molecule has 1 fully saturated rings. The van der Waals surface area contributed by atoms with Crippen LogP contribution in [0.1, 0.15) is 5.56 Å². The molecule has 1 saturated heterocycles. The molecule has 33 heavy (non-hydrogen) atoms. The molecule has 6 radical (unpaired) electrons. The number of aromatic nitrogens is 2. The first-order chi connectivity index (χ1) is 15.2. The number of hydrogen-bond donors (Lipinski definition) is 3. The average Bonchev–Trinajstić information content (AvgIpc) is 2.91. The molecule has 11 nitrogen and oxygen atoms in total. The Balaban J connectivity index is 1.68. The molecular formula is C16H12B3F2N2O9P. The number of H-pyrrole nitrogens is 1. The third-order valence-electron chi connectivity index (χ3n) is 5.05. The van der Waals surface area contributed by atoms with Gasteiger partial charge in [0, 0.05) is 5.56 Å². The standard InChI is InChI=1S/C16H12B3F2N2O9P/c17-15(23-5-8(20)12(26)22-13(23)27)11(25)10(24)14(21,31-15)16(18,19)32-33(28)29-6-7-3-1-2-4-9(7)30-33/h1-5,10-11,24-25H,6H2,(H,22,26,27)/t10-,11+,14-,15-,33?/m0/s1. The minimum Gasteiger partial charge on any atom is -0.404 e. The second-order valence-corrected chi connectivity index (χ2v) is 8.82. The van der Waals surface area contributed by atoms with Crippen molar-refractivity contribution in [3.8, 4) is 5.75 Å². The fraction of sp³-hybridized carbons (Fsp3) is 0.375. The van der Waals surface area contributed by atoms with Gasteiger partial charge in [-0.05, 0) is 6.07 Å². The molecule has 3 heterocycles. The molecule has 0 bridgehead atoms. The van der Waals surface area contributed by atoms with E-state index in [9.17, 15) is 28.8 Å². The molecule has 5 atom stereocenters. The van der Waals surface area contributed by atoms with E-state index in [1.54, 1.807) is 12.1 Å². The number of phosphoric ester groups is 1. The van der Waals surface area contributed by atoms with Crippen molar-refractivity contribution in [3.05, 3.63) is 62.7 Å². The van der Waals surface area contributed by atoms with Gasteiger partial charge in [0.1, 0.15) is 47.1 Å². The van der Waals surface area contributed by atoms with Crippen LogP contribution in [0.5, 0.6) is 5.75 Å². The minimum atomic E-state index is -4.73. The van der Waals surface area contributed by atoms with Crippen molar-refractivity contribution in [1.82, 2.24) is 9.55 Å². The van der Waals surface area contributed by atoms with Gasteiger partial charge in [0.05, 0.1) is 18.2 Å². The number of phosphoric acid groups is 1. The Morgan fingerprint density at radius 3 is 2.64 bits per heavy atom. The van der Waals surface area contributed by atoms with Crippen molar-refractivity contribution in [2.24, 2.45) is 0 Å². The van der Waals surface area contributed by atoms with Crippen molar-refractivity contribution in [2.75, 3.05) is 0 Å². The van der Waals surface area contributed by atoms with Crippen molar-refractivity contribution < 1.29 is 41.9 Å². The SMILES string of the molecule is [B]C([B])(OP1(=O)OCc2ccccc2O1)[C@@]1(F)O[C@@]([B])(n2cc(F)c(=O)[nH]c2=O)[C@H](O)[C@@H]1O. The van der Waals surface area contributed by atoms with E-state index >= 15 is 4.39 Å². The van der Waals surface area contributed by atoms with Crippen molar-refractivity contribution in [1.29, 1.82) is 0 Å². The lowest BCUT2D eigenvalue weighted by Crippen LogP contribution is -2.60. The number of aromatic amines is 1. The Bertz CT molecular complexity index is 1280. The normalized spacial score (nSPS) is 33.9. The van der Waals surface area contributed by atoms with E-state index in [0.29, 0.717) is 5.56 Å². The molecule has 3 N–H and O–H groups in total. The van der Waals surface area contributed by atoms with Crippen LogP contribution in [0.15, 0.2) is 40.1 Å². The largest absolute Gasteiger partial charge is 0.529 e. The second-order valence-electron chi connectivity index (χ2n) is 7.30. The van der Waals surface area contributed by atoms with Gasteiger partial charge >= 0.3 is 13.5 Å². The number of nitrogens with zero attached hydrogens (tertiary/aromatic N) is 1. The molecule has 1 aromatic heterocycles. The number of aliphatic hydroxyl groups excluding tert-OH is 2. The summed E-state index contributed by atoms with van der Waals surface area (Å²) in [6, 6.07) is 6.16. The summed E-state index contributed by atoms with van der Waals surface area (Å²) in [6.07, 6.45) is -5.08. The van der Waals surface area contributed by atoms with Gasteiger partial charge in [-0.3, -0.25) is 23.4 Å². The van der Waals surface area contributed by atoms with Crippen LogP contribution in [0.4, 0.5) is 8.78 Å². The second kappa shape index (κ2) is 7.65. The first kappa shape index (κ1) is 23.9. The average molecular weight is 478 g/mol. The van der Waals surface area contributed by atoms with Gasteiger partial charge in [-0.25, -0.2) is 13.8 Å². The number of aliphatic hydroxyl groups is 2. The fourth-order valence-corrected chi connectivity index (χ4v) is 4.65. The van der Waals surface area contributed by atoms with Crippen LogP contribution in [0, 0.1) is 5.82 Å². The van der Waals surface area contributed by atoms with Crippen molar-refractivity contribution in [3.63, 3.8) is 0 Å². The molecule has 1 aromatic carbocycles. The van der Waals surface area contributed by atoms with Crippen LogP contribution in [0.2, 0.25) is 0 Å². The third kappa shape index (κ3) is 3.70. The summed E-state index contributed by atoms with van der Waals surface area (Å²) in [5.41, 5.74) is -5.47. The molecule has 2 aliphatic rings. The van der Waals surface area contributed by atoms with Gasteiger partial charge in [-0.1, -0.05) is 18.2 Å². The number of para-hydroxylation sites is 1. The fourth-order valence-electron chi connectivity index (χ4n) is 3.30. The quantitative estimate of drug-likeness (QED) is 0.357. The van der Waals surface area contributed by atoms with Crippen LogP contribution in [0.3, 0.4) is 0 Å². The van der Waals surface area contributed by atoms with Gasteiger partial charge in [0.2, 0.25) is 5.82 Å². The number of hydrogen-bond acceptors (Lipinski definition) is 9. The van der Waals surface area contributed by atoms with Crippen molar-refractivity contribution >= 4 is 31.4 Å². The maximum atomic E-state index is 15.8. The number of rotatable bonds is 4. The Labute approximate surface area is 187 Å². The van der Waals surface area contributed by atoms with E-state index in [2.05, 4.69) is 0 Å². The van der Waals surface area contributed by atoms with E-state index < -0.39 is 54.0 Å². The zero-order valence-corrected chi connectivity index (χ0v) is 17.3. The molecular weight excluding hydrogens is 466 g/mol. The minimum absolute atomic E-state index is 0.0483. The molecule has 0 spiro atoms. The summed E-state index contributed by atoms with van der Waals surface area (Å²) in [4.78, 5) is 24.8. The summed E-state index contributed by atoms with van der Waals surface area (Å²) in [5, 5.41) is 17.3. The Kier molecular flexibility index (Phi) is 5.55. The lowest BCUT2D eigenvalue weighted by Gasteiger charge is -2.42. The van der Waals surface area contributed by atoms with E-state index in [-0.39, 0.29) is 23.1 Å². The smallest absolute Gasteiger partial charge is 0.404 e. The lowest BCUT2D eigenvalue weighted by molar-refractivity contribution is -0.240. The summed E-state index contributed by atoms with van der Waals surface area (Å²) in [6.45, 7) is -0.304. The van der Waals surface area contributed by atoms with Crippen LogP contribution in [0.25, 0.3) is 0 Å². The first-order valence-electron chi connectivity index (χ1n) is 9.09. The van der Waals surface area contributed by atoms with Crippen LogP contribution in [-0.2, 0) is 30.6 Å². The topological polar surface area (TPSA) is 149 Å². The maximum absolute atomic E-state index is 15.8. The molecule has 2 aromatic rings. The molecule has 2 aliphatic heterocycles. The Morgan fingerprint density at radius 1 is 1.27 bits per heavy atom. The van der Waals surface area contributed by atoms with Gasteiger partial charge in [-0.2, -0.15) is 4.39 Å². The summed E-state index contributed by atoms with van der Waals surface area (Å²) >= 11 is 0. The van der Waals surface area contributed by atoms with Gasteiger partial charge < -0.3 is 19.5 Å². The monoisotopic (exact) mass is 478 g/mol. The molecule has 0 aliphatic carbocycles. The number of nitrogens with one attached hydrogen (secondary N) is 1. The van der Waals surface area contributed by atoms with Crippen LogP contribution < -0.4 is 15.8 Å². The molecule has 0 saturated carbocycles. The highest BCUT2D eigenvalue weighted by Crippen LogP contribution is 2.59. The van der Waals surface area contributed by atoms with Crippen molar-refractivity contribution in [2.45, 2.75) is 35.7 Å². The summed E-state index contributed by atoms with van der Waals surface area (Å²) in [5.74, 6) is -5.39. The van der Waals surface area contributed by atoms with E-state index in [0.717, 1.165) is 0 Å². The number of halogens is 2. The maximum Gasteiger partial charge on any atom is 0.529 e. The highest BCUT2D eigenvalue weighted by atomic mass is 31.2. The molecule has 1 unspecified atom stereocenters. The van der Waals surface area contributed by atoms with E-state index in [1.165, 1.54) is 17.1 Å². The number of benzene rings is 1. The zero-order chi connectivity index (χ0) is 24.4. The van der Waals surface area contributed by atoms with E-state index in [4.69, 9.17) is 41.8 Å². The number of fused-ring (bicyclic) bond motifs is 1. The highest BCUT2D eigenvalue weighted by molar-refractivity contribution is 7.49. The molecule has 168 valence electrons. The lowest BCUT2D eigenvalue weighted by atomic mass is 9.59. The predicted octanol–water partition coefficient (Wildman–Crippen LogP) is -1.40. The predicted molar refractivity (Wildman–Crippen MR) is 107 cm³/mol. The van der Waals surface area contributed by atoms with Gasteiger partial charge in [-0.15, -0.1) is 0 Å². The van der Waals surface area contributed by atoms with E-state index in [1.807, 2.05) is 0 Å². The van der Waals surface area contributed by atoms with Crippen LogP contribution >= 0.6 is 7.82 Å². The first-order valence-corrected chi connectivity index (χ1v) is 10.6. The number of ether oxygens (including phenoxy) is 1. The summed E-state index contributed by atoms with van der Waals surface area (Å²) < 4.78 is 62.3. The van der Waals surface area contributed by atoms with Gasteiger partial charge in [0.15, 0.2) is 0 Å². The Hall–Kier alpha value is -2.22. The van der Waals surface area contributed by atoms with Crippen LogP contribution in [-0.4, -0.2) is 66.8 Å². The Morgan fingerprint density at radius 2 is 1.94 bits per heavy atom. The third-order valence-corrected chi connectivity index (χ3v) is 6.44. The van der Waals surface area contributed by atoms with Gasteiger partial charge in [0.25, 0.3) is 11.4 Å². The zero-order valence-electron chi connectivity index (χ0n) is 16.4.